The van der Waals surface area contributed by atoms with Gasteiger partial charge in [-0.1, -0.05) is 17.7 Å². The first kappa shape index (κ1) is 15.5. The lowest BCUT2D eigenvalue weighted by molar-refractivity contribution is 0.0698. The highest BCUT2D eigenvalue weighted by atomic mass is 79.9. The predicted molar refractivity (Wildman–Crippen MR) is 80.5 cm³/mol. The monoisotopic (exact) mass is 371 g/mol. The summed E-state index contributed by atoms with van der Waals surface area (Å²) >= 11 is 8.71. The number of carboxylic acids is 1. The van der Waals surface area contributed by atoms with Gasteiger partial charge in [0.15, 0.2) is 0 Å². The molecule has 7 heteroatoms. The fraction of sp³-hybridized carbons (Fsp3) is 0. The summed E-state index contributed by atoms with van der Waals surface area (Å²) in [5, 5.41) is 11.5. The van der Waals surface area contributed by atoms with Crippen molar-refractivity contribution in [3.05, 3.63) is 62.8 Å². The molecular formula is C14H8BrClFNO3. The van der Waals surface area contributed by atoms with Crippen molar-refractivity contribution in [1.82, 2.24) is 0 Å². The van der Waals surface area contributed by atoms with E-state index in [9.17, 15) is 14.0 Å². The minimum absolute atomic E-state index is 0.0315. The second kappa shape index (κ2) is 6.24. The fourth-order valence-electron chi connectivity index (χ4n) is 1.65. The number of hydrogen-bond donors (Lipinski definition) is 2. The molecule has 0 bridgehead atoms. The van der Waals surface area contributed by atoms with Crippen molar-refractivity contribution in [1.29, 1.82) is 0 Å². The van der Waals surface area contributed by atoms with Gasteiger partial charge in [0.2, 0.25) is 0 Å². The van der Waals surface area contributed by atoms with E-state index in [1.54, 1.807) is 6.07 Å². The molecule has 0 heterocycles. The number of para-hydroxylation sites is 1. The van der Waals surface area contributed by atoms with E-state index in [4.69, 9.17) is 16.7 Å². The maximum Gasteiger partial charge on any atom is 0.337 e. The summed E-state index contributed by atoms with van der Waals surface area (Å²) in [6.07, 6.45) is 0. The van der Waals surface area contributed by atoms with E-state index in [0.717, 1.165) is 6.07 Å². The number of amides is 1. The third kappa shape index (κ3) is 3.40. The number of carboxylic acid groups (broad SMARTS) is 1. The van der Waals surface area contributed by atoms with Crippen LogP contribution in [0.15, 0.2) is 40.9 Å². The van der Waals surface area contributed by atoms with Crippen LogP contribution < -0.4 is 5.32 Å². The van der Waals surface area contributed by atoms with Gasteiger partial charge >= 0.3 is 5.97 Å². The Bertz CT molecular complexity index is 736. The van der Waals surface area contributed by atoms with E-state index in [-0.39, 0.29) is 21.8 Å². The van der Waals surface area contributed by atoms with E-state index in [2.05, 4.69) is 21.2 Å². The van der Waals surface area contributed by atoms with Gasteiger partial charge in [-0.2, -0.15) is 0 Å². The summed E-state index contributed by atoms with van der Waals surface area (Å²) < 4.78 is 13.8. The van der Waals surface area contributed by atoms with Crippen molar-refractivity contribution >= 4 is 45.1 Å². The molecule has 1 amide bonds. The quantitative estimate of drug-likeness (QED) is 0.849. The number of nitrogens with one attached hydrogen (secondary N) is 1. The molecule has 2 aromatic carbocycles. The van der Waals surface area contributed by atoms with E-state index in [1.165, 1.54) is 24.3 Å². The highest BCUT2D eigenvalue weighted by molar-refractivity contribution is 9.10. The number of rotatable bonds is 3. The van der Waals surface area contributed by atoms with Crippen molar-refractivity contribution in [2.75, 3.05) is 5.32 Å². The molecule has 0 aliphatic heterocycles. The molecule has 0 saturated carbocycles. The normalized spacial score (nSPS) is 10.2. The van der Waals surface area contributed by atoms with Gasteiger partial charge < -0.3 is 10.4 Å². The van der Waals surface area contributed by atoms with Crippen LogP contribution >= 0.6 is 27.5 Å². The number of carbonyl (C=O) groups is 2. The van der Waals surface area contributed by atoms with Crippen molar-refractivity contribution in [2.24, 2.45) is 0 Å². The van der Waals surface area contributed by atoms with Gasteiger partial charge in [-0.3, -0.25) is 4.79 Å². The Morgan fingerprint density at radius 3 is 2.57 bits per heavy atom. The minimum Gasteiger partial charge on any atom is -0.478 e. The molecule has 0 aliphatic rings. The van der Waals surface area contributed by atoms with Crippen LogP contribution in [0.5, 0.6) is 0 Å². The Morgan fingerprint density at radius 2 is 1.95 bits per heavy atom. The van der Waals surface area contributed by atoms with E-state index in [1.807, 2.05) is 0 Å². The van der Waals surface area contributed by atoms with Crippen LogP contribution in [0.1, 0.15) is 20.7 Å². The standard InChI is InChI=1S/C14H8BrClFNO3/c15-9-3-1-2-8(14(20)21)12(9)18-13(19)7-4-5-10(16)11(17)6-7/h1-6H,(H,18,19)(H,20,21). The molecule has 0 radical (unpaired) electrons. The largest absolute Gasteiger partial charge is 0.478 e. The van der Waals surface area contributed by atoms with Crippen molar-refractivity contribution in [2.45, 2.75) is 0 Å². The van der Waals surface area contributed by atoms with Crippen LogP contribution in [0.25, 0.3) is 0 Å². The van der Waals surface area contributed by atoms with Crippen LogP contribution in [-0.4, -0.2) is 17.0 Å². The van der Waals surface area contributed by atoms with Gasteiger partial charge in [0.05, 0.1) is 16.3 Å². The number of carbonyl (C=O) groups excluding carboxylic acids is 1. The van der Waals surface area contributed by atoms with E-state index in [0.29, 0.717) is 4.47 Å². The molecule has 0 unspecified atom stereocenters. The van der Waals surface area contributed by atoms with Crippen LogP contribution in [0.2, 0.25) is 5.02 Å². The zero-order chi connectivity index (χ0) is 15.6. The lowest BCUT2D eigenvalue weighted by atomic mass is 10.1. The second-order valence-corrected chi connectivity index (χ2v) is 5.31. The molecule has 0 fully saturated rings. The average Bonchev–Trinajstić information content (AvgIpc) is 2.43. The van der Waals surface area contributed by atoms with Crippen LogP contribution in [-0.2, 0) is 0 Å². The fourth-order valence-corrected chi connectivity index (χ4v) is 2.24. The van der Waals surface area contributed by atoms with E-state index >= 15 is 0 Å². The van der Waals surface area contributed by atoms with Crippen LogP contribution in [0, 0.1) is 5.82 Å². The van der Waals surface area contributed by atoms with E-state index < -0.39 is 17.7 Å². The smallest absolute Gasteiger partial charge is 0.337 e. The lowest BCUT2D eigenvalue weighted by Crippen LogP contribution is -2.15. The summed E-state index contributed by atoms with van der Waals surface area (Å²) in [4.78, 5) is 23.2. The number of halogens is 3. The van der Waals surface area contributed by atoms with Crippen LogP contribution in [0.3, 0.4) is 0 Å². The highest BCUT2D eigenvalue weighted by Gasteiger charge is 2.16. The highest BCUT2D eigenvalue weighted by Crippen LogP contribution is 2.27. The summed E-state index contributed by atoms with van der Waals surface area (Å²) in [5.74, 6) is -2.55. The number of benzene rings is 2. The molecule has 0 aromatic heterocycles. The number of aromatic carboxylic acids is 1. The van der Waals surface area contributed by atoms with Gasteiger partial charge in [0.1, 0.15) is 5.82 Å². The average molecular weight is 373 g/mol. The molecule has 2 aromatic rings. The zero-order valence-corrected chi connectivity index (χ0v) is 12.7. The first-order valence-electron chi connectivity index (χ1n) is 5.68. The number of hydrogen-bond acceptors (Lipinski definition) is 2. The van der Waals surface area contributed by atoms with Gasteiger partial charge in [0.25, 0.3) is 5.91 Å². The lowest BCUT2D eigenvalue weighted by Gasteiger charge is -2.10. The molecule has 0 spiro atoms. The van der Waals surface area contributed by atoms with Crippen molar-refractivity contribution in [3.63, 3.8) is 0 Å². The first-order valence-corrected chi connectivity index (χ1v) is 6.85. The molecule has 0 aliphatic carbocycles. The SMILES string of the molecule is O=C(Nc1c(Br)cccc1C(=O)O)c1ccc(Cl)c(F)c1. The summed E-state index contributed by atoms with van der Waals surface area (Å²) in [6.45, 7) is 0. The molecule has 2 N–H and O–H groups in total. The third-order valence-electron chi connectivity index (χ3n) is 2.66. The number of anilines is 1. The predicted octanol–water partition coefficient (Wildman–Crippen LogP) is 4.19. The Morgan fingerprint density at radius 1 is 1.24 bits per heavy atom. The minimum atomic E-state index is -1.19. The Kier molecular flexibility index (Phi) is 4.59. The third-order valence-corrected chi connectivity index (χ3v) is 3.63. The van der Waals surface area contributed by atoms with Gasteiger partial charge in [-0.25, -0.2) is 9.18 Å². The molecular weight excluding hydrogens is 365 g/mol. The topological polar surface area (TPSA) is 66.4 Å². The Hall–Kier alpha value is -1.92. The zero-order valence-electron chi connectivity index (χ0n) is 10.4. The maximum atomic E-state index is 13.3. The molecule has 2 rings (SSSR count). The summed E-state index contributed by atoms with van der Waals surface area (Å²) in [6, 6.07) is 8.05. The molecule has 0 saturated heterocycles. The Labute approximate surface area is 132 Å². The molecule has 4 nitrogen and oxygen atoms in total. The van der Waals surface area contributed by atoms with Gasteiger partial charge in [-0.15, -0.1) is 0 Å². The van der Waals surface area contributed by atoms with Crippen molar-refractivity contribution in [3.8, 4) is 0 Å². The van der Waals surface area contributed by atoms with Crippen molar-refractivity contribution < 1.29 is 19.1 Å². The van der Waals surface area contributed by atoms with Gasteiger partial charge in [-0.05, 0) is 46.3 Å². The first-order chi connectivity index (χ1) is 9.90. The molecule has 0 atom stereocenters. The second-order valence-electron chi connectivity index (χ2n) is 4.05. The molecule has 21 heavy (non-hydrogen) atoms. The van der Waals surface area contributed by atoms with Gasteiger partial charge in [0, 0.05) is 10.0 Å². The maximum absolute atomic E-state index is 13.3. The summed E-state index contributed by atoms with van der Waals surface area (Å²) in [5.41, 5.74) is 0.0570. The molecule has 108 valence electrons. The van der Waals surface area contributed by atoms with Crippen LogP contribution in [0.4, 0.5) is 10.1 Å². The summed E-state index contributed by atoms with van der Waals surface area (Å²) in [7, 11) is 0. The Balaban J connectivity index is 2.36.